The molecule has 0 aliphatic carbocycles. The molecule has 0 spiro atoms. The van der Waals surface area contributed by atoms with Gasteiger partial charge in [-0.1, -0.05) is 59.8 Å². The van der Waals surface area contributed by atoms with Crippen molar-refractivity contribution < 1.29 is 4.74 Å². The molecule has 0 aromatic heterocycles. The summed E-state index contributed by atoms with van der Waals surface area (Å²) in [5.74, 6) is 1.03. The van der Waals surface area contributed by atoms with E-state index in [1.807, 2.05) is 0 Å². The predicted molar refractivity (Wildman–Crippen MR) is 94.0 cm³/mol. The Balaban J connectivity index is 3.36. The van der Waals surface area contributed by atoms with Crippen LogP contribution in [0.1, 0.15) is 65.2 Å². The molecule has 1 aromatic rings. The topological polar surface area (TPSA) is 9.23 Å². The van der Waals surface area contributed by atoms with Crippen LogP contribution in [0.15, 0.2) is 18.2 Å². The largest absolute Gasteiger partial charge is 0.496 e. The van der Waals surface area contributed by atoms with E-state index < -0.39 is 0 Å². The summed E-state index contributed by atoms with van der Waals surface area (Å²) in [5, 5.41) is 0. The summed E-state index contributed by atoms with van der Waals surface area (Å²) in [7, 11) is 1.78. The highest BCUT2D eigenvalue weighted by molar-refractivity contribution is 5.61. The van der Waals surface area contributed by atoms with Crippen LogP contribution in [0.2, 0.25) is 0 Å². The van der Waals surface area contributed by atoms with E-state index in [9.17, 15) is 0 Å². The first-order valence-electron chi connectivity index (χ1n) is 7.88. The van der Waals surface area contributed by atoms with Gasteiger partial charge >= 0.3 is 0 Å². The van der Waals surface area contributed by atoms with Crippen molar-refractivity contribution in [2.45, 2.75) is 61.3 Å². The van der Waals surface area contributed by atoms with E-state index in [1.165, 1.54) is 16.7 Å². The average Bonchev–Trinajstić information content (AvgIpc) is 2.24. The van der Waals surface area contributed by atoms with Gasteiger partial charge in [-0.05, 0) is 47.8 Å². The van der Waals surface area contributed by atoms with E-state index >= 15 is 0 Å². The minimum atomic E-state index is 0.251. The number of rotatable bonds is 4. The molecule has 0 aliphatic rings. The van der Waals surface area contributed by atoms with Crippen LogP contribution < -0.4 is 4.74 Å². The molecular weight excluding hydrogens is 256 g/mol. The number of benzene rings is 1. The molecule has 1 aromatic carbocycles. The molecule has 0 radical (unpaired) electrons. The molecule has 1 nitrogen and oxygen atoms in total. The Morgan fingerprint density at radius 1 is 0.952 bits per heavy atom. The number of hydrogen-bond acceptors (Lipinski definition) is 1. The zero-order valence-electron chi connectivity index (χ0n) is 15.1. The molecule has 0 aliphatic heterocycles. The standard InChI is InChI=1S/C20H32O/c1-9-10-16-11-15(13-19(2,3)4)12-17(18(16)21-8)14-20(5,6)7/h9-12H,13-14H2,1-8H3/b10-9-. The lowest BCUT2D eigenvalue weighted by atomic mass is 9.83. The zero-order valence-corrected chi connectivity index (χ0v) is 15.1. The summed E-state index contributed by atoms with van der Waals surface area (Å²) in [6.45, 7) is 15.7. The number of allylic oxidation sites excluding steroid dienone is 1. The highest BCUT2D eigenvalue weighted by Gasteiger charge is 2.19. The quantitative estimate of drug-likeness (QED) is 0.669. The smallest absolute Gasteiger partial charge is 0.129 e. The van der Waals surface area contributed by atoms with Gasteiger partial charge in [-0.15, -0.1) is 0 Å². The number of methoxy groups -OCH3 is 1. The van der Waals surface area contributed by atoms with Crippen LogP contribution in [0, 0.1) is 10.8 Å². The molecule has 0 fully saturated rings. The lowest BCUT2D eigenvalue weighted by Crippen LogP contribution is -2.13. The molecular formula is C20H32O. The number of ether oxygens (including phenoxy) is 1. The van der Waals surface area contributed by atoms with Gasteiger partial charge in [-0.2, -0.15) is 0 Å². The molecule has 0 heterocycles. The van der Waals surface area contributed by atoms with Crippen molar-refractivity contribution in [1.82, 2.24) is 0 Å². The predicted octanol–water partition coefficient (Wildman–Crippen LogP) is 5.91. The molecule has 0 saturated heterocycles. The SMILES string of the molecule is C/C=C\c1cc(CC(C)(C)C)cc(CC(C)(C)C)c1OC. The van der Waals surface area contributed by atoms with Gasteiger partial charge in [0.25, 0.3) is 0 Å². The molecule has 0 unspecified atom stereocenters. The molecule has 118 valence electrons. The zero-order chi connectivity index (χ0) is 16.3. The maximum Gasteiger partial charge on any atom is 0.129 e. The third kappa shape index (κ3) is 5.95. The van der Waals surface area contributed by atoms with E-state index in [1.54, 1.807) is 7.11 Å². The Morgan fingerprint density at radius 3 is 1.95 bits per heavy atom. The Morgan fingerprint density at radius 2 is 1.52 bits per heavy atom. The van der Waals surface area contributed by atoms with Gasteiger partial charge in [0.2, 0.25) is 0 Å². The van der Waals surface area contributed by atoms with Crippen molar-refractivity contribution in [3.63, 3.8) is 0 Å². The molecule has 0 atom stereocenters. The van der Waals surface area contributed by atoms with Gasteiger partial charge in [0, 0.05) is 5.56 Å². The minimum absolute atomic E-state index is 0.251. The molecule has 0 bridgehead atoms. The first-order valence-corrected chi connectivity index (χ1v) is 7.88. The van der Waals surface area contributed by atoms with Crippen molar-refractivity contribution in [3.05, 3.63) is 34.9 Å². The van der Waals surface area contributed by atoms with E-state index in [4.69, 9.17) is 4.74 Å². The van der Waals surface area contributed by atoms with Gasteiger partial charge in [-0.25, -0.2) is 0 Å². The summed E-state index contributed by atoms with van der Waals surface area (Å²) in [5.41, 5.74) is 4.46. The molecule has 1 heteroatoms. The van der Waals surface area contributed by atoms with Crippen LogP contribution in [-0.2, 0) is 12.8 Å². The van der Waals surface area contributed by atoms with Crippen molar-refractivity contribution in [2.75, 3.05) is 7.11 Å². The van der Waals surface area contributed by atoms with Crippen molar-refractivity contribution in [1.29, 1.82) is 0 Å². The third-order valence-electron chi connectivity index (χ3n) is 3.26. The highest BCUT2D eigenvalue weighted by Crippen LogP contribution is 2.34. The lowest BCUT2D eigenvalue weighted by Gasteiger charge is -2.24. The summed E-state index contributed by atoms with van der Waals surface area (Å²) < 4.78 is 5.71. The van der Waals surface area contributed by atoms with Gasteiger partial charge < -0.3 is 4.74 Å². The van der Waals surface area contributed by atoms with E-state index in [2.05, 4.69) is 72.8 Å². The fourth-order valence-electron chi connectivity index (χ4n) is 2.75. The van der Waals surface area contributed by atoms with Crippen LogP contribution in [0.3, 0.4) is 0 Å². The van der Waals surface area contributed by atoms with Crippen LogP contribution in [0.5, 0.6) is 5.75 Å². The van der Waals surface area contributed by atoms with Crippen molar-refractivity contribution in [2.24, 2.45) is 10.8 Å². The Labute approximate surface area is 131 Å². The maximum atomic E-state index is 5.71. The lowest BCUT2D eigenvalue weighted by molar-refractivity contribution is 0.376. The van der Waals surface area contributed by atoms with Crippen molar-refractivity contribution in [3.8, 4) is 5.75 Å². The van der Waals surface area contributed by atoms with Gasteiger partial charge in [0.05, 0.1) is 7.11 Å². The second-order valence-corrected chi connectivity index (χ2v) is 8.35. The highest BCUT2D eigenvalue weighted by atomic mass is 16.5. The third-order valence-corrected chi connectivity index (χ3v) is 3.26. The second kappa shape index (κ2) is 6.68. The average molecular weight is 288 g/mol. The van der Waals surface area contributed by atoms with E-state index in [-0.39, 0.29) is 5.41 Å². The van der Waals surface area contributed by atoms with E-state index in [0.717, 1.165) is 18.6 Å². The summed E-state index contributed by atoms with van der Waals surface area (Å²) in [6.07, 6.45) is 6.34. The fraction of sp³-hybridized carbons (Fsp3) is 0.600. The monoisotopic (exact) mass is 288 g/mol. The van der Waals surface area contributed by atoms with Crippen LogP contribution in [0.4, 0.5) is 0 Å². The Bertz CT molecular complexity index is 496. The first kappa shape index (κ1) is 17.8. The Hall–Kier alpha value is -1.24. The van der Waals surface area contributed by atoms with Gasteiger partial charge in [0.15, 0.2) is 0 Å². The molecule has 21 heavy (non-hydrogen) atoms. The maximum absolute atomic E-state index is 5.71. The fourth-order valence-corrected chi connectivity index (χ4v) is 2.75. The Kier molecular flexibility index (Phi) is 5.67. The molecule has 0 N–H and O–H groups in total. The van der Waals surface area contributed by atoms with Gasteiger partial charge in [-0.3, -0.25) is 0 Å². The normalized spacial score (nSPS) is 13.0. The van der Waals surface area contributed by atoms with E-state index in [0.29, 0.717) is 5.41 Å². The van der Waals surface area contributed by atoms with Gasteiger partial charge in [0.1, 0.15) is 5.75 Å². The van der Waals surface area contributed by atoms with Crippen LogP contribution in [-0.4, -0.2) is 7.11 Å². The second-order valence-electron chi connectivity index (χ2n) is 8.35. The van der Waals surface area contributed by atoms with Crippen molar-refractivity contribution >= 4 is 6.08 Å². The minimum Gasteiger partial charge on any atom is -0.496 e. The number of hydrogen-bond donors (Lipinski definition) is 0. The first-order chi connectivity index (χ1) is 9.55. The van der Waals surface area contributed by atoms with Crippen LogP contribution in [0.25, 0.3) is 6.08 Å². The molecule has 1 rings (SSSR count). The summed E-state index contributed by atoms with van der Waals surface area (Å²) in [6, 6.07) is 4.61. The molecule has 0 amide bonds. The summed E-state index contributed by atoms with van der Waals surface area (Å²) in [4.78, 5) is 0. The summed E-state index contributed by atoms with van der Waals surface area (Å²) >= 11 is 0. The molecule has 0 saturated carbocycles. The van der Waals surface area contributed by atoms with Crippen LogP contribution >= 0.6 is 0 Å².